The molecule has 0 radical (unpaired) electrons. The molecule has 2 aliphatic carbocycles. The quantitative estimate of drug-likeness (QED) is 0.723. The zero-order valence-electron chi connectivity index (χ0n) is 8.12. The third-order valence-corrected chi connectivity index (χ3v) is 5.48. The molecule has 76 valence electrons. The second-order valence-corrected chi connectivity index (χ2v) is 7.04. The van der Waals surface area contributed by atoms with Gasteiger partial charge in [0, 0.05) is 0 Å². The summed E-state index contributed by atoms with van der Waals surface area (Å²) in [5.74, 6) is 0. The summed E-state index contributed by atoms with van der Waals surface area (Å²) >= 11 is -0.338. The van der Waals surface area contributed by atoms with E-state index < -0.39 is 0 Å². The largest absolute Gasteiger partial charge is 0.147 e. The van der Waals surface area contributed by atoms with Gasteiger partial charge in [0.1, 0.15) is 0 Å². The van der Waals surface area contributed by atoms with E-state index in [2.05, 4.69) is 37.3 Å². The van der Waals surface area contributed by atoms with Crippen molar-refractivity contribution in [3.63, 3.8) is 0 Å². The van der Waals surface area contributed by atoms with Gasteiger partial charge in [0.25, 0.3) is 0 Å². The first-order valence-corrected chi connectivity index (χ1v) is 6.80. The molecule has 0 N–H and O–H groups in total. The zero-order valence-corrected chi connectivity index (χ0v) is 12.2. The van der Waals surface area contributed by atoms with Crippen LogP contribution >= 0.6 is 24.8 Å². The van der Waals surface area contributed by atoms with Crippen LogP contribution in [0.2, 0.25) is 0 Å². The third kappa shape index (κ3) is 3.89. The van der Waals surface area contributed by atoms with Crippen molar-refractivity contribution < 1.29 is 23.2 Å². The summed E-state index contributed by atoms with van der Waals surface area (Å²) in [6, 6.07) is 0. The van der Waals surface area contributed by atoms with Gasteiger partial charge in [-0.1, -0.05) is 0 Å². The molecule has 0 saturated carbocycles. The van der Waals surface area contributed by atoms with Crippen molar-refractivity contribution in [2.45, 2.75) is 19.8 Å². The SMILES string of the molecule is CC1=CC[C]([Zr][C]2=CC=CC2)=C1.Cl.Cl. The normalized spacial score (nSPS) is 17.6. The van der Waals surface area contributed by atoms with Crippen molar-refractivity contribution >= 4 is 24.8 Å². The van der Waals surface area contributed by atoms with E-state index in [0.717, 1.165) is 0 Å². The standard InChI is InChI=1S/C6H7.C5H5.2ClH.Zr/c1-6-4-2-3-5-6;1-2-4-5-3-1;;;/h4-5H,2H2,1H3;1-3H,4H2;2*1H;. The molecule has 0 nitrogen and oxygen atoms in total. The van der Waals surface area contributed by atoms with Crippen LogP contribution in [0.5, 0.6) is 0 Å². The zero-order chi connectivity index (χ0) is 8.39. The molecule has 14 heavy (non-hydrogen) atoms. The van der Waals surface area contributed by atoms with Gasteiger partial charge in [0.2, 0.25) is 0 Å². The average molecular weight is 308 g/mol. The van der Waals surface area contributed by atoms with Crippen LogP contribution in [-0.4, -0.2) is 0 Å². The fraction of sp³-hybridized carbons (Fsp3) is 0.273. The van der Waals surface area contributed by atoms with Gasteiger partial charge in [-0.05, 0) is 0 Å². The van der Waals surface area contributed by atoms with Gasteiger partial charge >= 0.3 is 85.5 Å². The maximum absolute atomic E-state index is 2.39. The van der Waals surface area contributed by atoms with Crippen LogP contribution in [0.25, 0.3) is 0 Å². The first-order chi connectivity index (χ1) is 5.84. The van der Waals surface area contributed by atoms with Crippen LogP contribution in [-0.2, 0) is 23.2 Å². The maximum atomic E-state index is 2.39. The Morgan fingerprint density at radius 2 is 1.93 bits per heavy atom. The fourth-order valence-electron chi connectivity index (χ4n) is 1.50. The monoisotopic (exact) mass is 306 g/mol. The van der Waals surface area contributed by atoms with E-state index >= 15 is 0 Å². The van der Waals surface area contributed by atoms with Crippen molar-refractivity contribution in [2.24, 2.45) is 0 Å². The summed E-state index contributed by atoms with van der Waals surface area (Å²) in [5, 5.41) is 0. The number of hydrogen-bond acceptors (Lipinski definition) is 0. The molecule has 0 aromatic heterocycles. The molecule has 2 rings (SSSR count). The number of halogens is 2. The Morgan fingerprint density at radius 1 is 1.14 bits per heavy atom. The first-order valence-electron chi connectivity index (χ1n) is 4.34. The molecule has 0 spiro atoms. The van der Waals surface area contributed by atoms with Crippen molar-refractivity contribution in [1.82, 2.24) is 0 Å². The molecular formula is C11H14Cl2Zr. The number of rotatable bonds is 2. The molecule has 0 bridgehead atoms. The van der Waals surface area contributed by atoms with Crippen LogP contribution < -0.4 is 0 Å². The third-order valence-electron chi connectivity index (χ3n) is 2.14. The minimum Gasteiger partial charge on any atom is -0.147 e. The van der Waals surface area contributed by atoms with Gasteiger partial charge in [-0.2, -0.15) is 0 Å². The van der Waals surface area contributed by atoms with Crippen molar-refractivity contribution in [3.8, 4) is 0 Å². The van der Waals surface area contributed by atoms with Crippen LogP contribution in [0.4, 0.5) is 0 Å². The molecule has 0 amide bonds. The van der Waals surface area contributed by atoms with Gasteiger partial charge in [0.05, 0.1) is 0 Å². The Labute approximate surface area is 110 Å². The van der Waals surface area contributed by atoms with E-state index in [0.29, 0.717) is 0 Å². The molecule has 3 heteroatoms. The van der Waals surface area contributed by atoms with E-state index in [1.165, 1.54) is 18.4 Å². The Bertz CT molecular complexity index is 311. The molecule has 0 aliphatic heterocycles. The Morgan fingerprint density at radius 3 is 2.43 bits per heavy atom. The molecular weight excluding hydrogens is 294 g/mol. The summed E-state index contributed by atoms with van der Waals surface area (Å²) < 4.78 is 3.47. The number of hydrogen-bond donors (Lipinski definition) is 0. The Kier molecular flexibility index (Phi) is 7.03. The van der Waals surface area contributed by atoms with Gasteiger partial charge in [-0.15, -0.1) is 24.8 Å². The summed E-state index contributed by atoms with van der Waals surface area (Å²) in [6.07, 6.45) is 14.0. The second kappa shape index (κ2) is 6.82. The average Bonchev–Trinajstić information content (AvgIpc) is 2.63. The van der Waals surface area contributed by atoms with Crippen LogP contribution in [0, 0.1) is 0 Å². The topological polar surface area (TPSA) is 0 Å². The molecule has 0 unspecified atom stereocenters. The Balaban J connectivity index is 0.000000845. The first kappa shape index (κ1) is 14.4. The summed E-state index contributed by atoms with van der Waals surface area (Å²) in [5.41, 5.74) is 1.47. The van der Waals surface area contributed by atoms with E-state index in [1.54, 1.807) is 6.56 Å². The van der Waals surface area contributed by atoms with Crippen LogP contribution in [0.3, 0.4) is 0 Å². The van der Waals surface area contributed by atoms with Crippen molar-refractivity contribution in [2.75, 3.05) is 0 Å². The minimum absolute atomic E-state index is 0. The fourth-order valence-corrected chi connectivity index (χ4v) is 4.73. The van der Waals surface area contributed by atoms with Crippen LogP contribution in [0.1, 0.15) is 19.8 Å². The van der Waals surface area contributed by atoms with Crippen molar-refractivity contribution in [1.29, 1.82) is 0 Å². The van der Waals surface area contributed by atoms with E-state index in [9.17, 15) is 0 Å². The summed E-state index contributed by atoms with van der Waals surface area (Å²) in [6.45, 7) is 2.20. The molecule has 0 atom stereocenters. The van der Waals surface area contributed by atoms with Gasteiger partial charge in [0.15, 0.2) is 0 Å². The summed E-state index contributed by atoms with van der Waals surface area (Å²) in [7, 11) is 0. The molecule has 2 aliphatic rings. The molecule has 0 aromatic rings. The molecule has 0 saturated heterocycles. The van der Waals surface area contributed by atoms with E-state index in [1.807, 2.05) is 0 Å². The predicted molar refractivity (Wildman–Crippen MR) is 62.8 cm³/mol. The van der Waals surface area contributed by atoms with Crippen LogP contribution in [0.15, 0.2) is 42.5 Å². The van der Waals surface area contributed by atoms with Gasteiger partial charge in [-0.25, -0.2) is 0 Å². The predicted octanol–water partition coefficient (Wildman–Crippen LogP) is 3.99. The molecule has 0 aromatic carbocycles. The minimum atomic E-state index is -0.338. The smallest absolute Gasteiger partial charge is 0.147 e. The van der Waals surface area contributed by atoms with Crippen molar-refractivity contribution in [3.05, 3.63) is 42.5 Å². The van der Waals surface area contributed by atoms with Gasteiger partial charge < -0.3 is 0 Å². The summed E-state index contributed by atoms with van der Waals surface area (Å²) in [4.78, 5) is 0. The second-order valence-electron chi connectivity index (χ2n) is 3.27. The van der Waals surface area contributed by atoms with E-state index in [4.69, 9.17) is 0 Å². The van der Waals surface area contributed by atoms with Gasteiger partial charge in [-0.3, -0.25) is 0 Å². The molecule has 0 heterocycles. The molecule has 0 fully saturated rings. The number of allylic oxidation sites excluding steroid dienone is 8. The maximum Gasteiger partial charge on any atom is -0.147 e. The Hall–Kier alpha value is 0.423. The van der Waals surface area contributed by atoms with E-state index in [-0.39, 0.29) is 48.0 Å².